The smallest absolute Gasteiger partial charge is 0.250 e. The van der Waals surface area contributed by atoms with Gasteiger partial charge in [0, 0.05) is 36.5 Å². The van der Waals surface area contributed by atoms with Crippen LogP contribution in [-0.2, 0) is 11.3 Å². The average Bonchev–Trinajstić information content (AvgIpc) is 3.47. The molecular formula is C34H46N8O2. The highest BCUT2D eigenvalue weighted by Crippen LogP contribution is 2.31. The van der Waals surface area contributed by atoms with Crippen LogP contribution >= 0.6 is 0 Å². The zero-order valence-corrected chi connectivity index (χ0v) is 26.4. The summed E-state index contributed by atoms with van der Waals surface area (Å²) in [5, 5.41) is 20.7. The van der Waals surface area contributed by atoms with Gasteiger partial charge in [-0.05, 0) is 83.3 Å². The number of anilines is 1. The largest absolute Gasteiger partial charge is 0.363 e. The number of hydrogen-bond donors (Lipinski definition) is 6. The van der Waals surface area contributed by atoms with Gasteiger partial charge in [-0.25, -0.2) is 15.4 Å². The van der Waals surface area contributed by atoms with Crippen LogP contribution in [0.4, 0.5) is 5.82 Å². The van der Waals surface area contributed by atoms with E-state index in [0.29, 0.717) is 12.7 Å². The van der Waals surface area contributed by atoms with Crippen molar-refractivity contribution in [2.75, 3.05) is 25.1 Å². The average molecular weight is 599 g/mol. The first-order valence-corrected chi connectivity index (χ1v) is 15.5. The van der Waals surface area contributed by atoms with Crippen LogP contribution in [0.5, 0.6) is 0 Å². The van der Waals surface area contributed by atoms with E-state index in [-0.39, 0.29) is 6.04 Å². The maximum Gasteiger partial charge on any atom is 0.250 e. The lowest BCUT2D eigenvalue weighted by Crippen LogP contribution is -2.60. The fourth-order valence-corrected chi connectivity index (χ4v) is 5.64. The summed E-state index contributed by atoms with van der Waals surface area (Å²) in [5.74, 6) is 0.420. The molecule has 0 bridgehead atoms. The Morgan fingerprint density at radius 2 is 1.75 bits per heavy atom. The molecule has 0 spiro atoms. The topological polar surface area (TPSA) is 130 Å². The third kappa shape index (κ3) is 7.10. The number of aromatic nitrogens is 3. The summed E-state index contributed by atoms with van der Waals surface area (Å²) in [4.78, 5) is 27.1. The number of nitrogens with zero attached hydrogens (tertiary/aromatic N) is 3. The van der Waals surface area contributed by atoms with Gasteiger partial charge in [0.15, 0.2) is 0 Å². The zero-order chi connectivity index (χ0) is 31.3. The zero-order valence-electron chi connectivity index (χ0n) is 26.4. The molecule has 0 aliphatic carbocycles. The second-order valence-electron chi connectivity index (χ2n) is 12.9. The van der Waals surface area contributed by atoms with Gasteiger partial charge in [-0.2, -0.15) is 0 Å². The first kappa shape index (κ1) is 31.6. The molecule has 10 heteroatoms. The quantitative estimate of drug-likeness (QED) is 0.0745. The van der Waals surface area contributed by atoms with Crippen molar-refractivity contribution >= 4 is 22.8 Å². The summed E-state index contributed by atoms with van der Waals surface area (Å²) in [7, 11) is 0. The van der Waals surface area contributed by atoms with Crippen molar-refractivity contribution in [3.05, 3.63) is 78.1 Å². The fourth-order valence-electron chi connectivity index (χ4n) is 5.64. The number of amides is 1. The molecule has 234 valence electrons. The van der Waals surface area contributed by atoms with Crippen molar-refractivity contribution in [1.82, 2.24) is 36.0 Å². The van der Waals surface area contributed by atoms with E-state index in [2.05, 4.69) is 97.3 Å². The molecule has 4 aromatic rings. The minimum absolute atomic E-state index is 0.121. The molecule has 0 unspecified atom stereocenters. The van der Waals surface area contributed by atoms with Crippen molar-refractivity contribution < 1.29 is 10.0 Å². The van der Waals surface area contributed by atoms with E-state index in [1.165, 1.54) is 11.1 Å². The molecule has 5 rings (SSSR count). The van der Waals surface area contributed by atoms with Crippen molar-refractivity contribution in [3.63, 3.8) is 0 Å². The van der Waals surface area contributed by atoms with Crippen molar-refractivity contribution in [1.29, 1.82) is 0 Å². The SMILES string of the molecule is C[C@@H](Nc1ncnc2[nH]c(-c3ccc(CN4CCC(NCNC(C)(C)C(C)(C)C(=O)NO)CC4)cc3)cc12)c1ccccc1. The molecule has 1 aliphatic rings. The highest BCUT2D eigenvalue weighted by molar-refractivity contribution is 5.91. The summed E-state index contributed by atoms with van der Waals surface area (Å²) in [6.45, 7) is 13.3. The Balaban J connectivity index is 1.12. The summed E-state index contributed by atoms with van der Waals surface area (Å²) in [6, 6.07) is 21.8. The Kier molecular flexibility index (Phi) is 9.65. The summed E-state index contributed by atoms with van der Waals surface area (Å²) >= 11 is 0. The van der Waals surface area contributed by atoms with Crippen LogP contribution in [0.15, 0.2) is 67.0 Å². The van der Waals surface area contributed by atoms with E-state index in [9.17, 15) is 4.79 Å². The minimum atomic E-state index is -0.772. The molecule has 1 fully saturated rings. The summed E-state index contributed by atoms with van der Waals surface area (Å²) in [6.07, 6.45) is 3.73. The van der Waals surface area contributed by atoms with E-state index in [0.717, 1.165) is 60.6 Å². The van der Waals surface area contributed by atoms with Gasteiger partial charge < -0.3 is 15.6 Å². The predicted octanol–water partition coefficient (Wildman–Crippen LogP) is 5.21. The van der Waals surface area contributed by atoms with Gasteiger partial charge in [-0.3, -0.25) is 20.2 Å². The monoisotopic (exact) mass is 598 g/mol. The van der Waals surface area contributed by atoms with Crippen LogP contribution in [0.2, 0.25) is 0 Å². The first-order valence-electron chi connectivity index (χ1n) is 15.5. The molecule has 1 amide bonds. The molecule has 10 nitrogen and oxygen atoms in total. The Hall–Kier alpha value is -3.83. The Morgan fingerprint density at radius 3 is 2.43 bits per heavy atom. The van der Waals surface area contributed by atoms with Gasteiger partial charge in [0.1, 0.15) is 17.8 Å². The number of likely N-dealkylation sites (tertiary alicyclic amines) is 1. The van der Waals surface area contributed by atoms with E-state index in [1.54, 1.807) is 11.8 Å². The third-order valence-electron chi connectivity index (χ3n) is 9.49. The van der Waals surface area contributed by atoms with Crippen LogP contribution in [0.3, 0.4) is 0 Å². The lowest BCUT2D eigenvalue weighted by atomic mass is 9.74. The lowest BCUT2D eigenvalue weighted by Gasteiger charge is -2.41. The van der Waals surface area contributed by atoms with Crippen LogP contribution in [0.25, 0.3) is 22.3 Å². The van der Waals surface area contributed by atoms with Crippen molar-refractivity contribution in [2.45, 2.75) is 71.6 Å². The molecule has 0 radical (unpaired) electrons. The van der Waals surface area contributed by atoms with E-state index in [4.69, 9.17) is 5.21 Å². The highest BCUT2D eigenvalue weighted by atomic mass is 16.5. The van der Waals surface area contributed by atoms with E-state index < -0.39 is 16.9 Å². The second kappa shape index (κ2) is 13.4. The number of rotatable bonds is 12. The molecule has 0 saturated carbocycles. The molecule has 44 heavy (non-hydrogen) atoms. The molecule has 1 saturated heterocycles. The summed E-state index contributed by atoms with van der Waals surface area (Å²) < 4.78 is 0. The number of H-pyrrole nitrogens is 1. The van der Waals surface area contributed by atoms with Gasteiger partial charge in [0.05, 0.1) is 10.8 Å². The van der Waals surface area contributed by atoms with Gasteiger partial charge in [-0.15, -0.1) is 0 Å². The molecule has 6 N–H and O–H groups in total. The number of piperidine rings is 1. The highest BCUT2D eigenvalue weighted by Gasteiger charge is 2.42. The second-order valence-corrected chi connectivity index (χ2v) is 12.9. The maximum atomic E-state index is 12.1. The maximum absolute atomic E-state index is 12.1. The van der Waals surface area contributed by atoms with Crippen LogP contribution in [-0.4, -0.2) is 62.3 Å². The fraction of sp³-hybridized carbons (Fsp3) is 0.441. The lowest BCUT2D eigenvalue weighted by molar-refractivity contribution is -0.142. The molecule has 3 heterocycles. The Labute approximate surface area is 260 Å². The Bertz CT molecular complexity index is 1530. The van der Waals surface area contributed by atoms with Gasteiger partial charge in [-0.1, -0.05) is 54.6 Å². The number of nitrogens with one attached hydrogen (secondary N) is 5. The predicted molar refractivity (Wildman–Crippen MR) is 175 cm³/mol. The van der Waals surface area contributed by atoms with Gasteiger partial charge in [0.25, 0.3) is 5.91 Å². The molecule has 1 atom stereocenters. The molecule has 1 aliphatic heterocycles. The minimum Gasteiger partial charge on any atom is -0.363 e. The van der Waals surface area contributed by atoms with Crippen molar-refractivity contribution in [2.24, 2.45) is 5.41 Å². The number of hydroxylamine groups is 1. The van der Waals surface area contributed by atoms with E-state index >= 15 is 0 Å². The van der Waals surface area contributed by atoms with Gasteiger partial charge in [0.2, 0.25) is 0 Å². The van der Waals surface area contributed by atoms with E-state index in [1.807, 2.05) is 33.8 Å². The number of benzene rings is 2. The number of hydrogen-bond acceptors (Lipinski definition) is 8. The first-order chi connectivity index (χ1) is 21.1. The molecular weight excluding hydrogens is 552 g/mol. The van der Waals surface area contributed by atoms with Crippen LogP contribution < -0.4 is 21.4 Å². The third-order valence-corrected chi connectivity index (χ3v) is 9.49. The standard InChI is InChI=1S/C34H46N8O2/c1-23(25-9-7-6-8-10-25)39-30-28-19-29(40-31(28)37-21-36-30)26-13-11-24(12-14-26)20-42-17-15-27(16-18-42)35-22-38-34(4,5)33(2,3)32(43)41-44/h6-14,19,21,23,27,35,38,44H,15-18,20,22H2,1-5H3,(H,41,43)(H2,36,37,39,40)/t23-/m1/s1. The normalized spacial score (nSPS) is 15.8. The van der Waals surface area contributed by atoms with Crippen LogP contribution in [0.1, 0.15) is 64.6 Å². The number of fused-ring (bicyclic) bond motifs is 1. The molecule has 2 aromatic carbocycles. The van der Waals surface area contributed by atoms with Crippen molar-refractivity contribution in [3.8, 4) is 11.3 Å². The number of carbonyl (C=O) groups is 1. The van der Waals surface area contributed by atoms with Crippen LogP contribution in [0, 0.1) is 5.41 Å². The Morgan fingerprint density at radius 1 is 1.05 bits per heavy atom. The summed E-state index contributed by atoms with van der Waals surface area (Å²) in [5.41, 5.74) is 5.97. The van der Waals surface area contributed by atoms with Gasteiger partial charge >= 0.3 is 0 Å². The number of carbonyl (C=O) groups excluding carboxylic acids is 1. The number of aromatic amines is 1. The molecule has 2 aromatic heterocycles.